The van der Waals surface area contributed by atoms with Gasteiger partial charge in [0.05, 0.1) is 12.5 Å². The lowest BCUT2D eigenvalue weighted by atomic mass is 9.80. The maximum absolute atomic E-state index is 12.2. The second-order valence-electron chi connectivity index (χ2n) is 5.83. The molecule has 0 radical (unpaired) electrons. The number of carbonyl (C=O) groups is 2. The van der Waals surface area contributed by atoms with Crippen LogP contribution in [0.5, 0.6) is 0 Å². The third-order valence-corrected chi connectivity index (χ3v) is 4.95. The third kappa shape index (κ3) is 4.82. The molecule has 0 spiro atoms. The zero-order valence-corrected chi connectivity index (χ0v) is 12.8. The van der Waals surface area contributed by atoms with Crippen LogP contribution < -0.4 is 11.1 Å². The zero-order chi connectivity index (χ0) is 15.3. The minimum Gasteiger partial charge on any atom is -0.481 e. The number of hydrogen-bond donors (Lipinski definition) is 3. The number of hydrogen-bond acceptors (Lipinski definition) is 4. The summed E-state index contributed by atoms with van der Waals surface area (Å²) in [6.45, 7) is 0. The first-order valence-electron chi connectivity index (χ1n) is 7.32. The topological polar surface area (TPSA) is 92.4 Å². The lowest BCUT2D eigenvalue weighted by molar-refractivity contribution is -0.137. The molecule has 1 aliphatic rings. The molecule has 0 saturated heterocycles. The first-order chi connectivity index (χ1) is 9.98. The van der Waals surface area contributed by atoms with Gasteiger partial charge < -0.3 is 16.2 Å². The van der Waals surface area contributed by atoms with Crippen molar-refractivity contribution in [3.05, 3.63) is 22.4 Å². The van der Waals surface area contributed by atoms with Crippen LogP contribution in [0.25, 0.3) is 0 Å². The average molecular weight is 310 g/mol. The molecule has 116 valence electrons. The summed E-state index contributed by atoms with van der Waals surface area (Å²) in [4.78, 5) is 24.1. The Hall–Kier alpha value is -1.40. The molecule has 1 aliphatic carbocycles. The van der Waals surface area contributed by atoms with Crippen molar-refractivity contribution in [2.75, 3.05) is 0 Å². The Balaban J connectivity index is 1.96. The van der Waals surface area contributed by atoms with Crippen molar-refractivity contribution in [3.8, 4) is 0 Å². The molecule has 1 heterocycles. The first-order valence-corrected chi connectivity index (χ1v) is 8.20. The number of carboxylic acids is 1. The maximum Gasteiger partial charge on any atom is 0.305 e. The van der Waals surface area contributed by atoms with E-state index in [1.807, 2.05) is 17.5 Å². The molecule has 0 aliphatic heterocycles. The van der Waals surface area contributed by atoms with Crippen LogP contribution in [0.2, 0.25) is 0 Å². The highest BCUT2D eigenvalue weighted by atomic mass is 32.1. The quantitative estimate of drug-likeness (QED) is 0.752. The fraction of sp³-hybridized carbons (Fsp3) is 0.600. The molecule has 2 rings (SSSR count). The average Bonchev–Trinajstić information content (AvgIpc) is 2.91. The lowest BCUT2D eigenvalue weighted by Crippen LogP contribution is -2.46. The second-order valence-corrected chi connectivity index (χ2v) is 6.81. The number of carbonyl (C=O) groups excluding carboxylic acids is 1. The van der Waals surface area contributed by atoms with Gasteiger partial charge in [-0.15, -0.1) is 11.3 Å². The third-order valence-electron chi connectivity index (χ3n) is 3.96. The molecular formula is C15H22N2O3S. The van der Waals surface area contributed by atoms with Crippen molar-refractivity contribution in [1.82, 2.24) is 5.32 Å². The molecule has 5 nitrogen and oxygen atoms in total. The highest BCUT2D eigenvalue weighted by molar-refractivity contribution is 7.10. The Morgan fingerprint density at radius 2 is 2.10 bits per heavy atom. The van der Waals surface area contributed by atoms with E-state index in [0.717, 1.165) is 30.6 Å². The molecule has 1 amide bonds. The molecule has 4 N–H and O–H groups in total. The van der Waals surface area contributed by atoms with E-state index in [2.05, 4.69) is 5.32 Å². The molecule has 1 unspecified atom stereocenters. The van der Waals surface area contributed by atoms with Crippen LogP contribution in [-0.4, -0.2) is 22.5 Å². The van der Waals surface area contributed by atoms with Crippen LogP contribution in [-0.2, 0) is 9.59 Å². The van der Waals surface area contributed by atoms with E-state index in [1.54, 1.807) is 0 Å². The highest BCUT2D eigenvalue weighted by Gasteiger charge is 2.31. The minimum atomic E-state index is -0.922. The summed E-state index contributed by atoms with van der Waals surface area (Å²) in [6.07, 6.45) is 5.20. The van der Waals surface area contributed by atoms with Gasteiger partial charge in [-0.2, -0.15) is 0 Å². The smallest absolute Gasteiger partial charge is 0.305 e. The monoisotopic (exact) mass is 310 g/mol. The maximum atomic E-state index is 12.2. The van der Waals surface area contributed by atoms with E-state index in [4.69, 9.17) is 10.8 Å². The van der Waals surface area contributed by atoms with Crippen LogP contribution in [0.3, 0.4) is 0 Å². The van der Waals surface area contributed by atoms with Crippen molar-refractivity contribution < 1.29 is 14.7 Å². The number of carboxylic acid groups (broad SMARTS) is 1. The molecule has 0 bridgehead atoms. The van der Waals surface area contributed by atoms with E-state index >= 15 is 0 Å². The highest BCUT2D eigenvalue weighted by Crippen LogP contribution is 2.29. The standard InChI is InChI=1S/C15H22N2O3S/c16-15(6-2-1-3-7-15)10-13(18)17-11(9-14(19)20)12-5-4-8-21-12/h4-5,8,11H,1-3,6-7,9-10,16H2,(H,17,18)(H,19,20). The molecule has 1 aromatic heterocycles. The van der Waals surface area contributed by atoms with E-state index in [0.29, 0.717) is 0 Å². The Kier molecular flexibility index (Phi) is 5.36. The Morgan fingerprint density at radius 1 is 1.38 bits per heavy atom. The van der Waals surface area contributed by atoms with Gasteiger partial charge in [-0.1, -0.05) is 25.3 Å². The zero-order valence-electron chi connectivity index (χ0n) is 12.0. The minimum absolute atomic E-state index is 0.107. The van der Waals surface area contributed by atoms with E-state index in [1.165, 1.54) is 17.8 Å². The van der Waals surface area contributed by atoms with Gasteiger partial charge in [-0.3, -0.25) is 9.59 Å². The van der Waals surface area contributed by atoms with E-state index in [-0.39, 0.29) is 18.7 Å². The van der Waals surface area contributed by atoms with Crippen LogP contribution in [0.15, 0.2) is 17.5 Å². The fourth-order valence-electron chi connectivity index (χ4n) is 2.88. The van der Waals surface area contributed by atoms with Gasteiger partial charge in [-0.05, 0) is 24.3 Å². The van der Waals surface area contributed by atoms with Gasteiger partial charge in [0.15, 0.2) is 0 Å². The summed E-state index contributed by atoms with van der Waals surface area (Å²) >= 11 is 1.45. The number of rotatable bonds is 6. The number of nitrogens with two attached hydrogens (primary N) is 1. The van der Waals surface area contributed by atoms with Gasteiger partial charge in [0.2, 0.25) is 5.91 Å². The molecule has 1 atom stereocenters. The fourth-order valence-corrected chi connectivity index (χ4v) is 3.66. The summed E-state index contributed by atoms with van der Waals surface area (Å²) in [6, 6.07) is 3.23. The lowest BCUT2D eigenvalue weighted by Gasteiger charge is -2.33. The van der Waals surface area contributed by atoms with Gasteiger partial charge in [0, 0.05) is 16.8 Å². The summed E-state index contributed by atoms with van der Waals surface area (Å²) < 4.78 is 0. The van der Waals surface area contributed by atoms with Gasteiger partial charge in [0.1, 0.15) is 0 Å². The molecule has 1 saturated carbocycles. The first kappa shape index (κ1) is 16.0. The number of nitrogens with one attached hydrogen (secondary N) is 1. The van der Waals surface area contributed by atoms with Crippen molar-refractivity contribution in [1.29, 1.82) is 0 Å². The van der Waals surface area contributed by atoms with E-state index in [9.17, 15) is 9.59 Å². The van der Waals surface area contributed by atoms with Crippen LogP contribution in [0.4, 0.5) is 0 Å². The Morgan fingerprint density at radius 3 is 2.67 bits per heavy atom. The summed E-state index contributed by atoms with van der Waals surface area (Å²) in [5, 5.41) is 13.7. The molecule has 0 aromatic carbocycles. The number of amides is 1. The molecule has 1 fully saturated rings. The predicted molar refractivity (Wildman–Crippen MR) is 82.1 cm³/mol. The van der Waals surface area contributed by atoms with Gasteiger partial charge >= 0.3 is 5.97 Å². The molecule has 1 aromatic rings. The van der Waals surface area contributed by atoms with Crippen molar-refractivity contribution in [3.63, 3.8) is 0 Å². The Bertz CT molecular complexity index is 481. The van der Waals surface area contributed by atoms with Crippen LogP contribution >= 0.6 is 11.3 Å². The van der Waals surface area contributed by atoms with Crippen molar-refractivity contribution >= 4 is 23.2 Å². The molecular weight excluding hydrogens is 288 g/mol. The summed E-state index contributed by atoms with van der Waals surface area (Å²) in [5.74, 6) is -1.08. The van der Waals surface area contributed by atoms with Gasteiger partial charge in [-0.25, -0.2) is 0 Å². The number of aliphatic carboxylic acids is 1. The van der Waals surface area contributed by atoms with Crippen molar-refractivity contribution in [2.45, 2.75) is 56.5 Å². The second kappa shape index (κ2) is 7.04. The van der Waals surface area contributed by atoms with E-state index < -0.39 is 17.6 Å². The van der Waals surface area contributed by atoms with Crippen molar-refractivity contribution in [2.24, 2.45) is 5.73 Å². The molecule has 21 heavy (non-hydrogen) atoms. The van der Waals surface area contributed by atoms with Gasteiger partial charge in [0.25, 0.3) is 0 Å². The SMILES string of the molecule is NC1(CC(=O)NC(CC(=O)O)c2cccs2)CCCCC1. The van der Waals surface area contributed by atoms with Crippen LogP contribution in [0.1, 0.15) is 55.9 Å². The Labute approximate surface area is 128 Å². The van der Waals surface area contributed by atoms with Crippen LogP contribution in [0, 0.1) is 0 Å². The normalized spacial score (nSPS) is 18.9. The number of thiophene rings is 1. The summed E-state index contributed by atoms with van der Waals surface area (Å²) in [5.41, 5.74) is 5.86. The molecule has 6 heteroatoms. The summed E-state index contributed by atoms with van der Waals surface area (Å²) in [7, 11) is 0. The largest absolute Gasteiger partial charge is 0.481 e. The predicted octanol–water partition coefficient (Wildman–Crippen LogP) is 2.43.